The number of ether oxygens (including phenoxy) is 1. The minimum atomic E-state index is -0.427. The summed E-state index contributed by atoms with van der Waals surface area (Å²) in [6, 6.07) is 14.0. The Kier molecular flexibility index (Phi) is 6.14. The van der Waals surface area contributed by atoms with E-state index in [0.717, 1.165) is 0 Å². The van der Waals surface area contributed by atoms with Crippen LogP contribution in [0.2, 0.25) is 5.02 Å². The number of methoxy groups -OCH3 is 1. The van der Waals surface area contributed by atoms with Crippen molar-refractivity contribution in [2.24, 2.45) is 11.8 Å². The number of hydrogen-bond acceptors (Lipinski definition) is 3. The van der Waals surface area contributed by atoms with Crippen LogP contribution in [0.25, 0.3) is 0 Å². The quantitative estimate of drug-likeness (QED) is 0.745. The van der Waals surface area contributed by atoms with Crippen LogP contribution in [0.4, 0.5) is 11.4 Å². The van der Waals surface area contributed by atoms with Gasteiger partial charge in [0, 0.05) is 16.4 Å². The number of carbonyl (C=O) groups excluding carboxylic acids is 2. The van der Waals surface area contributed by atoms with Crippen LogP contribution in [0.15, 0.2) is 60.7 Å². The molecule has 27 heavy (non-hydrogen) atoms. The summed E-state index contributed by atoms with van der Waals surface area (Å²) >= 11 is 5.88. The molecule has 2 aromatic rings. The van der Waals surface area contributed by atoms with Crippen LogP contribution in [0, 0.1) is 11.8 Å². The first kappa shape index (κ1) is 19.0. The molecule has 0 saturated carbocycles. The maximum absolute atomic E-state index is 12.8. The number of carbonyl (C=O) groups is 2. The predicted molar refractivity (Wildman–Crippen MR) is 107 cm³/mol. The van der Waals surface area contributed by atoms with Gasteiger partial charge in [0.1, 0.15) is 5.75 Å². The summed E-state index contributed by atoms with van der Waals surface area (Å²) in [5.74, 6) is -0.473. The Morgan fingerprint density at radius 2 is 1.30 bits per heavy atom. The van der Waals surface area contributed by atoms with Crippen LogP contribution < -0.4 is 15.4 Å². The number of benzene rings is 2. The molecule has 1 aliphatic rings. The molecule has 0 saturated heterocycles. The molecule has 0 heterocycles. The average Bonchev–Trinajstić information content (AvgIpc) is 2.70. The van der Waals surface area contributed by atoms with E-state index in [0.29, 0.717) is 35.0 Å². The average molecular weight is 385 g/mol. The molecule has 2 atom stereocenters. The lowest BCUT2D eigenvalue weighted by Crippen LogP contribution is -2.37. The van der Waals surface area contributed by atoms with Crippen LogP contribution in [0.1, 0.15) is 12.8 Å². The topological polar surface area (TPSA) is 67.4 Å². The second-order valence-corrected chi connectivity index (χ2v) is 6.81. The zero-order chi connectivity index (χ0) is 19.2. The molecule has 1 aliphatic carbocycles. The number of hydrogen-bond donors (Lipinski definition) is 2. The van der Waals surface area contributed by atoms with Gasteiger partial charge in [0.2, 0.25) is 11.8 Å². The third-order valence-corrected chi connectivity index (χ3v) is 4.83. The van der Waals surface area contributed by atoms with Gasteiger partial charge in [0.05, 0.1) is 18.9 Å². The Labute approximate surface area is 163 Å². The highest BCUT2D eigenvalue weighted by Crippen LogP contribution is 2.29. The fourth-order valence-corrected chi connectivity index (χ4v) is 3.20. The molecular formula is C21H21ClN2O3. The highest BCUT2D eigenvalue weighted by Gasteiger charge is 2.34. The molecule has 0 bridgehead atoms. The van der Waals surface area contributed by atoms with Crippen LogP contribution in [0.3, 0.4) is 0 Å². The molecule has 0 aliphatic heterocycles. The summed E-state index contributed by atoms with van der Waals surface area (Å²) in [5, 5.41) is 6.37. The summed E-state index contributed by atoms with van der Waals surface area (Å²) in [6.07, 6.45) is 4.95. The Hall–Kier alpha value is -2.79. The van der Waals surface area contributed by atoms with Crippen molar-refractivity contribution in [3.63, 3.8) is 0 Å². The number of nitrogens with one attached hydrogen (secondary N) is 2. The van der Waals surface area contributed by atoms with E-state index in [1.165, 1.54) is 0 Å². The highest BCUT2D eigenvalue weighted by atomic mass is 35.5. The van der Waals surface area contributed by atoms with Crippen molar-refractivity contribution >= 4 is 34.8 Å². The Balaban J connectivity index is 1.68. The number of rotatable bonds is 5. The third kappa shape index (κ3) is 4.89. The molecule has 2 N–H and O–H groups in total. The number of amides is 2. The van der Waals surface area contributed by atoms with Gasteiger partial charge in [-0.2, -0.15) is 0 Å². The van der Waals surface area contributed by atoms with Crippen LogP contribution in [-0.4, -0.2) is 18.9 Å². The van der Waals surface area contributed by atoms with Gasteiger partial charge >= 0.3 is 0 Å². The third-order valence-electron chi connectivity index (χ3n) is 4.58. The molecule has 6 heteroatoms. The lowest BCUT2D eigenvalue weighted by Gasteiger charge is -2.26. The Morgan fingerprint density at radius 1 is 0.852 bits per heavy atom. The zero-order valence-electron chi connectivity index (χ0n) is 14.9. The smallest absolute Gasteiger partial charge is 0.228 e. The fourth-order valence-electron chi connectivity index (χ4n) is 3.07. The fraction of sp³-hybridized carbons (Fsp3) is 0.238. The first-order chi connectivity index (χ1) is 13.1. The van der Waals surface area contributed by atoms with Gasteiger partial charge in [-0.05, 0) is 61.4 Å². The lowest BCUT2D eigenvalue weighted by atomic mass is 9.81. The van der Waals surface area contributed by atoms with Gasteiger partial charge in [-0.15, -0.1) is 0 Å². The normalized spacial score (nSPS) is 18.6. The van der Waals surface area contributed by atoms with E-state index in [4.69, 9.17) is 16.3 Å². The predicted octanol–water partition coefficient (Wildman–Crippen LogP) is 4.51. The van der Waals surface area contributed by atoms with Gasteiger partial charge in [-0.1, -0.05) is 23.8 Å². The second kappa shape index (κ2) is 8.73. The number of allylic oxidation sites excluding steroid dienone is 2. The molecule has 3 rings (SSSR count). The molecule has 0 spiro atoms. The monoisotopic (exact) mass is 384 g/mol. The standard InChI is InChI=1S/C21H21ClN2O3/c1-27-17-12-10-16(11-13-17)24-21(26)19-5-3-2-4-18(19)20(25)23-15-8-6-14(22)7-9-15/h2-3,6-13,18-19H,4-5H2,1H3,(H,23,25)(H,24,26). The van der Waals surface area contributed by atoms with Gasteiger partial charge in [0.25, 0.3) is 0 Å². The maximum Gasteiger partial charge on any atom is 0.228 e. The molecule has 2 unspecified atom stereocenters. The summed E-state index contributed by atoms with van der Waals surface area (Å²) in [7, 11) is 1.59. The van der Waals surface area contributed by atoms with E-state index >= 15 is 0 Å². The molecule has 140 valence electrons. The van der Waals surface area contributed by atoms with E-state index in [9.17, 15) is 9.59 Å². The van der Waals surface area contributed by atoms with Crippen molar-refractivity contribution in [2.45, 2.75) is 12.8 Å². The molecule has 2 aromatic carbocycles. The SMILES string of the molecule is COc1ccc(NC(=O)C2CC=CCC2C(=O)Nc2ccc(Cl)cc2)cc1. The van der Waals surface area contributed by atoms with Gasteiger partial charge in [-0.3, -0.25) is 9.59 Å². The van der Waals surface area contributed by atoms with Gasteiger partial charge < -0.3 is 15.4 Å². The van der Waals surface area contributed by atoms with Crippen LogP contribution in [-0.2, 0) is 9.59 Å². The van der Waals surface area contributed by atoms with Crippen molar-refractivity contribution in [3.05, 3.63) is 65.7 Å². The van der Waals surface area contributed by atoms with Crippen molar-refractivity contribution in [3.8, 4) is 5.75 Å². The summed E-state index contributed by atoms with van der Waals surface area (Å²) < 4.78 is 5.12. The van der Waals surface area contributed by atoms with Gasteiger partial charge in [-0.25, -0.2) is 0 Å². The highest BCUT2D eigenvalue weighted by molar-refractivity contribution is 6.30. The van der Waals surface area contributed by atoms with Crippen molar-refractivity contribution in [2.75, 3.05) is 17.7 Å². The maximum atomic E-state index is 12.8. The van der Waals surface area contributed by atoms with Crippen molar-refractivity contribution in [1.29, 1.82) is 0 Å². The summed E-state index contributed by atoms with van der Waals surface area (Å²) in [5.41, 5.74) is 1.33. The van der Waals surface area contributed by atoms with E-state index in [1.807, 2.05) is 12.2 Å². The minimum Gasteiger partial charge on any atom is -0.497 e. The largest absolute Gasteiger partial charge is 0.497 e. The zero-order valence-corrected chi connectivity index (χ0v) is 15.7. The molecule has 0 fully saturated rings. The molecule has 0 radical (unpaired) electrons. The first-order valence-corrected chi connectivity index (χ1v) is 9.11. The molecule has 0 aromatic heterocycles. The number of anilines is 2. The van der Waals surface area contributed by atoms with Gasteiger partial charge in [0.15, 0.2) is 0 Å². The Bertz CT molecular complexity index is 832. The first-order valence-electron chi connectivity index (χ1n) is 8.73. The molecular weight excluding hydrogens is 364 g/mol. The summed E-state index contributed by atoms with van der Waals surface area (Å²) in [6.45, 7) is 0. The summed E-state index contributed by atoms with van der Waals surface area (Å²) in [4.78, 5) is 25.5. The Morgan fingerprint density at radius 3 is 1.74 bits per heavy atom. The molecule has 2 amide bonds. The lowest BCUT2D eigenvalue weighted by molar-refractivity contribution is -0.129. The number of halogens is 1. The van der Waals surface area contributed by atoms with E-state index in [2.05, 4.69) is 10.6 Å². The van der Waals surface area contributed by atoms with Crippen LogP contribution in [0.5, 0.6) is 5.75 Å². The van der Waals surface area contributed by atoms with E-state index < -0.39 is 11.8 Å². The minimum absolute atomic E-state index is 0.166. The second-order valence-electron chi connectivity index (χ2n) is 6.37. The van der Waals surface area contributed by atoms with E-state index in [-0.39, 0.29) is 11.8 Å². The molecule has 5 nitrogen and oxygen atoms in total. The van der Waals surface area contributed by atoms with E-state index in [1.54, 1.807) is 55.6 Å². The van der Waals surface area contributed by atoms with Crippen LogP contribution >= 0.6 is 11.6 Å². The van der Waals surface area contributed by atoms with Crippen molar-refractivity contribution < 1.29 is 14.3 Å². The van der Waals surface area contributed by atoms with Crippen molar-refractivity contribution in [1.82, 2.24) is 0 Å².